The van der Waals surface area contributed by atoms with Crippen LogP contribution >= 0.6 is 23.4 Å². The van der Waals surface area contributed by atoms with Crippen LogP contribution in [0, 0.1) is 0 Å². The zero-order valence-corrected chi connectivity index (χ0v) is 17.8. The second-order valence-electron chi connectivity index (χ2n) is 6.26. The number of ether oxygens (including phenoxy) is 1. The molecule has 152 valence electrons. The van der Waals surface area contributed by atoms with E-state index in [0.717, 1.165) is 12.0 Å². The standard InChI is InChI=1S/C21H22ClN3O3S/c1-3-14-4-6-15(7-5-14)21-24-20(28-25-21)13-29-11-10-19(26)23-17-12-16(22)8-9-18(17)27-2/h4-9,12H,3,10-11,13H2,1-2H3,(H,23,26). The molecule has 6 nitrogen and oxygen atoms in total. The third-order valence-electron chi connectivity index (χ3n) is 4.22. The largest absolute Gasteiger partial charge is 0.495 e. The summed E-state index contributed by atoms with van der Waals surface area (Å²) >= 11 is 7.54. The molecule has 0 unspecified atom stereocenters. The highest BCUT2D eigenvalue weighted by Crippen LogP contribution is 2.28. The van der Waals surface area contributed by atoms with Crippen LogP contribution in [-0.2, 0) is 17.0 Å². The summed E-state index contributed by atoms with van der Waals surface area (Å²) in [6, 6.07) is 13.2. The number of nitrogens with one attached hydrogen (secondary N) is 1. The Kier molecular flexibility index (Phi) is 7.55. The van der Waals surface area contributed by atoms with Gasteiger partial charge in [-0.15, -0.1) is 0 Å². The number of rotatable bonds is 9. The van der Waals surface area contributed by atoms with E-state index in [2.05, 4.69) is 34.5 Å². The molecule has 2 aromatic carbocycles. The summed E-state index contributed by atoms with van der Waals surface area (Å²) in [4.78, 5) is 16.6. The molecule has 1 N–H and O–H groups in total. The Morgan fingerprint density at radius 1 is 1.24 bits per heavy atom. The highest BCUT2D eigenvalue weighted by molar-refractivity contribution is 7.98. The smallest absolute Gasteiger partial charge is 0.236 e. The van der Waals surface area contributed by atoms with E-state index in [9.17, 15) is 4.79 Å². The minimum absolute atomic E-state index is 0.111. The summed E-state index contributed by atoms with van der Waals surface area (Å²) in [5.41, 5.74) is 2.75. The summed E-state index contributed by atoms with van der Waals surface area (Å²) in [7, 11) is 1.55. The second-order valence-corrected chi connectivity index (χ2v) is 7.80. The van der Waals surface area contributed by atoms with Crippen LogP contribution in [0.15, 0.2) is 47.0 Å². The average molecular weight is 432 g/mol. The number of anilines is 1. The molecule has 0 atom stereocenters. The van der Waals surface area contributed by atoms with Crippen molar-refractivity contribution in [3.05, 3.63) is 58.9 Å². The molecular formula is C21H22ClN3O3S. The topological polar surface area (TPSA) is 77.2 Å². The molecule has 0 aliphatic carbocycles. The van der Waals surface area contributed by atoms with Crippen LogP contribution in [0.4, 0.5) is 5.69 Å². The maximum absolute atomic E-state index is 12.2. The van der Waals surface area contributed by atoms with E-state index in [1.807, 2.05) is 12.1 Å². The van der Waals surface area contributed by atoms with Crippen molar-refractivity contribution in [2.75, 3.05) is 18.2 Å². The molecule has 0 saturated heterocycles. The van der Waals surface area contributed by atoms with Gasteiger partial charge in [-0.2, -0.15) is 16.7 Å². The van der Waals surface area contributed by atoms with Crippen molar-refractivity contribution in [3.63, 3.8) is 0 Å². The van der Waals surface area contributed by atoms with Crippen LogP contribution in [0.1, 0.15) is 24.8 Å². The molecule has 1 heterocycles. The van der Waals surface area contributed by atoms with Crippen LogP contribution in [0.2, 0.25) is 5.02 Å². The Labute approximate surface area is 179 Å². The number of hydrogen-bond acceptors (Lipinski definition) is 6. The molecule has 0 spiro atoms. The van der Waals surface area contributed by atoms with E-state index in [1.165, 1.54) is 5.56 Å². The molecule has 1 aromatic heterocycles. The zero-order chi connectivity index (χ0) is 20.6. The molecule has 3 rings (SSSR count). The first kappa shape index (κ1) is 21.2. The molecule has 0 fully saturated rings. The van der Waals surface area contributed by atoms with Gasteiger partial charge in [0.1, 0.15) is 5.75 Å². The SMILES string of the molecule is CCc1ccc(-c2noc(CSCCC(=O)Nc3cc(Cl)ccc3OC)n2)cc1. The lowest BCUT2D eigenvalue weighted by Crippen LogP contribution is -2.13. The van der Waals surface area contributed by atoms with E-state index in [-0.39, 0.29) is 5.91 Å². The summed E-state index contributed by atoms with van der Waals surface area (Å²) in [5, 5.41) is 7.39. The van der Waals surface area contributed by atoms with Crippen molar-refractivity contribution < 1.29 is 14.1 Å². The molecule has 0 radical (unpaired) electrons. The minimum Gasteiger partial charge on any atom is -0.495 e. The molecule has 0 saturated carbocycles. The Morgan fingerprint density at radius 2 is 2.03 bits per heavy atom. The molecule has 0 aliphatic heterocycles. The van der Waals surface area contributed by atoms with Crippen molar-refractivity contribution in [1.82, 2.24) is 10.1 Å². The lowest BCUT2D eigenvalue weighted by atomic mass is 10.1. The Hall–Kier alpha value is -2.51. The van der Waals surface area contributed by atoms with Crippen molar-refractivity contribution in [1.29, 1.82) is 0 Å². The van der Waals surface area contributed by atoms with Crippen molar-refractivity contribution in [2.24, 2.45) is 0 Å². The minimum atomic E-state index is -0.111. The normalized spacial score (nSPS) is 10.7. The Morgan fingerprint density at radius 3 is 2.76 bits per heavy atom. The summed E-state index contributed by atoms with van der Waals surface area (Å²) in [5.74, 6) is 2.75. The van der Waals surface area contributed by atoms with Crippen molar-refractivity contribution in [2.45, 2.75) is 25.5 Å². The van der Waals surface area contributed by atoms with Gasteiger partial charge in [-0.1, -0.05) is 47.9 Å². The fourth-order valence-corrected chi connectivity index (χ4v) is 3.57. The fourth-order valence-electron chi connectivity index (χ4n) is 2.64. The number of amides is 1. The van der Waals surface area contributed by atoms with Gasteiger partial charge in [0.2, 0.25) is 17.6 Å². The molecule has 0 aliphatic rings. The number of carbonyl (C=O) groups is 1. The Balaban J connectivity index is 1.45. The third kappa shape index (κ3) is 5.98. The maximum Gasteiger partial charge on any atom is 0.236 e. The van der Waals surface area contributed by atoms with Gasteiger partial charge < -0.3 is 14.6 Å². The average Bonchev–Trinajstić information content (AvgIpc) is 3.20. The summed E-state index contributed by atoms with van der Waals surface area (Å²) in [6.07, 6.45) is 1.34. The Bertz CT molecular complexity index is 960. The molecule has 8 heteroatoms. The predicted octanol–water partition coefficient (Wildman–Crippen LogP) is 5.22. The van der Waals surface area contributed by atoms with E-state index in [4.69, 9.17) is 20.9 Å². The van der Waals surface area contributed by atoms with Gasteiger partial charge in [-0.3, -0.25) is 4.79 Å². The quantitative estimate of drug-likeness (QED) is 0.468. The van der Waals surface area contributed by atoms with Gasteiger partial charge >= 0.3 is 0 Å². The number of hydrogen-bond donors (Lipinski definition) is 1. The number of aryl methyl sites for hydroxylation is 1. The van der Waals surface area contributed by atoms with Crippen LogP contribution < -0.4 is 10.1 Å². The maximum atomic E-state index is 12.2. The van der Waals surface area contributed by atoms with Gasteiger partial charge in [-0.25, -0.2) is 0 Å². The van der Waals surface area contributed by atoms with Crippen LogP contribution in [0.5, 0.6) is 5.75 Å². The third-order valence-corrected chi connectivity index (χ3v) is 5.40. The fraction of sp³-hybridized carbons (Fsp3) is 0.286. The lowest BCUT2D eigenvalue weighted by molar-refractivity contribution is -0.115. The first-order chi connectivity index (χ1) is 14.1. The number of benzene rings is 2. The summed E-state index contributed by atoms with van der Waals surface area (Å²) in [6.45, 7) is 2.12. The number of halogens is 1. The zero-order valence-electron chi connectivity index (χ0n) is 16.3. The number of carbonyl (C=O) groups excluding carboxylic acids is 1. The molecule has 29 heavy (non-hydrogen) atoms. The van der Waals surface area contributed by atoms with Crippen molar-refractivity contribution >= 4 is 35.0 Å². The monoisotopic (exact) mass is 431 g/mol. The summed E-state index contributed by atoms with van der Waals surface area (Å²) < 4.78 is 10.5. The molecule has 0 bridgehead atoms. The van der Waals surface area contributed by atoms with Crippen LogP contribution in [-0.4, -0.2) is 28.9 Å². The van der Waals surface area contributed by atoms with Gasteiger partial charge in [0.25, 0.3) is 0 Å². The van der Waals surface area contributed by atoms with Gasteiger partial charge in [-0.05, 0) is 30.2 Å². The van der Waals surface area contributed by atoms with Crippen molar-refractivity contribution in [3.8, 4) is 17.1 Å². The van der Waals surface area contributed by atoms with E-state index in [1.54, 1.807) is 37.1 Å². The van der Waals surface area contributed by atoms with E-state index in [0.29, 0.717) is 46.1 Å². The molecule has 1 amide bonds. The van der Waals surface area contributed by atoms with Crippen LogP contribution in [0.25, 0.3) is 11.4 Å². The molecular weight excluding hydrogens is 410 g/mol. The lowest BCUT2D eigenvalue weighted by Gasteiger charge is -2.10. The van der Waals surface area contributed by atoms with Gasteiger partial charge in [0.05, 0.1) is 18.6 Å². The van der Waals surface area contributed by atoms with E-state index >= 15 is 0 Å². The highest BCUT2D eigenvalue weighted by Gasteiger charge is 2.11. The molecule has 3 aromatic rings. The second kappa shape index (κ2) is 10.3. The number of nitrogens with zero attached hydrogens (tertiary/aromatic N) is 2. The first-order valence-electron chi connectivity index (χ1n) is 9.22. The first-order valence-corrected chi connectivity index (χ1v) is 10.8. The van der Waals surface area contributed by atoms with Crippen LogP contribution in [0.3, 0.4) is 0 Å². The number of methoxy groups -OCH3 is 1. The number of aromatic nitrogens is 2. The van der Waals surface area contributed by atoms with Gasteiger partial charge in [0, 0.05) is 22.8 Å². The number of thioether (sulfide) groups is 1. The highest BCUT2D eigenvalue weighted by atomic mass is 35.5. The predicted molar refractivity (Wildman–Crippen MR) is 117 cm³/mol. The van der Waals surface area contributed by atoms with Gasteiger partial charge in [0.15, 0.2) is 0 Å². The van der Waals surface area contributed by atoms with E-state index < -0.39 is 0 Å².